The second-order valence-electron chi connectivity index (χ2n) is 6.70. The molecule has 18 heavy (non-hydrogen) atoms. The van der Waals surface area contributed by atoms with Gasteiger partial charge < -0.3 is 5.73 Å². The first-order valence-corrected chi connectivity index (χ1v) is 9.15. The summed E-state index contributed by atoms with van der Waals surface area (Å²) >= 11 is 0. The maximum absolute atomic E-state index is 11.5. The summed E-state index contributed by atoms with van der Waals surface area (Å²) in [5.74, 6) is 3.27. The molecule has 2 rings (SSSR count). The van der Waals surface area contributed by atoms with E-state index in [1.807, 2.05) is 0 Å². The Bertz CT molecular complexity index is 379. The molecule has 1 aliphatic carbocycles. The average Bonchev–Trinajstić information content (AvgIpc) is 2.62. The van der Waals surface area contributed by atoms with Crippen LogP contribution in [0.25, 0.3) is 0 Å². The van der Waals surface area contributed by atoms with E-state index in [0.29, 0.717) is 23.3 Å². The van der Waals surface area contributed by atoms with Crippen molar-refractivity contribution in [1.82, 2.24) is 0 Å². The van der Waals surface area contributed by atoms with Crippen molar-refractivity contribution in [2.75, 3.05) is 11.5 Å². The fourth-order valence-corrected chi connectivity index (χ4v) is 5.49. The average molecular weight is 273 g/mol. The Labute approximate surface area is 111 Å². The minimum absolute atomic E-state index is 0.207. The maximum atomic E-state index is 11.5. The number of rotatable bonds is 3. The molecule has 0 radical (unpaired) electrons. The fraction of sp³-hybridized carbons (Fsp3) is 1.00. The predicted octanol–water partition coefficient (Wildman–Crippen LogP) is 2.21. The zero-order valence-electron chi connectivity index (χ0n) is 11.6. The van der Waals surface area contributed by atoms with Crippen molar-refractivity contribution in [1.29, 1.82) is 0 Å². The van der Waals surface area contributed by atoms with Crippen LogP contribution in [-0.4, -0.2) is 26.0 Å². The van der Waals surface area contributed by atoms with Gasteiger partial charge in [0.2, 0.25) is 0 Å². The Balaban J connectivity index is 1.83. The van der Waals surface area contributed by atoms with Crippen LogP contribution >= 0.6 is 0 Å². The van der Waals surface area contributed by atoms with Gasteiger partial charge in [-0.15, -0.1) is 0 Å². The van der Waals surface area contributed by atoms with Crippen molar-refractivity contribution in [3.8, 4) is 0 Å². The molecule has 2 N–H and O–H groups in total. The molecule has 1 heterocycles. The molecule has 4 heteroatoms. The summed E-state index contributed by atoms with van der Waals surface area (Å²) in [4.78, 5) is 0. The quantitative estimate of drug-likeness (QED) is 0.857. The lowest BCUT2D eigenvalue weighted by Gasteiger charge is -2.36. The number of hydrogen-bond donors (Lipinski definition) is 1. The number of nitrogens with two attached hydrogens (primary N) is 1. The van der Waals surface area contributed by atoms with Gasteiger partial charge in [0.15, 0.2) is 9.84 Å². The molecule has 1 aliphatic heterocycles. The van der Waals surface area contributed by atoms with Gasteiger partial charge in [0.25, 0.3) is 0 Å². The molecular formula is C14H27NO2S. The Hall–Kier alpha value is -0.0900. The lowest BCUT2D eigenvalue weighted by molar-refractivity contribution is 0.175. The molecule has 2 fully saturated rings. The second-order valence-corrected chi connectivity index (χ2v) is 8.93. The summed E-state index contributed by atoms with van der Waals surface area (Å²) in [6, 6.07) is 0.207. The Kier molecular flexibility index (Phi) is 4.37. The maximum Gasteiger partial charge on any atom is 0.150 e. The number of hydrogen-bond acceptors (Lipinski definition) is 3. The molecule has 0 aromatic heterocycles. The van der Waals surface area contributed by atoms with Crippen LogP contribution in [0.3, 0.4) is 0 Å². The SMILES string of the molecule is CC1CCC(C(N)CC2CCS(=O)(=O)C2)CC1C. The fourth-order valence-electron chi connectivity index (χ4n) is 3.61. The Morgan fingerprint density at radius 2 is 1.89 bits per heavy atom. The zero-order chi connectivity index (χ0) is 13.3. The van der Waals surface area contributed by atoms with Crippen molar-refractivity contribution in [2.45, 2.75) is 52.0 Å². The lowest BCUT2D eigenvalue weighted by atomic mass is 9.72. The van der Waals surface area contributed by atoms with Crippen LogP contribution in [0.2, 0.25) is 0 Å². The van der Waals surface area contributed by atoms with Crippen LogP contribution < -0.4 is 5.73 Å². The van der Waals surface area contributed by atoms with Crippen molar-refractivity contribution >= 4 is 9.84 Å². The molecule has 2 aliphatic rings. The molecule has 0 aromatic rings. The lowest BCUT2D eigenvalue weighted by Crippen LogP contribution is -2.37. The molecule has 1 saturated heterocycles. The van der Waals surface area contributed by atoms with Gasteiger partial charge in [0.05, 0.1) is 11.5 Å². The normalized spacial score (nSPS) is 41.7. The van der Waals surface area contributed by atoms with Gasteiger partial charge in [0, 0.05) is 6.04 Å². The van der Waals surface area contributed by atoms with E-state index < -0.39 is 9.84 Å². The summed E-state index contributed by atoms with van der Waals surface area (Å²) in [5, 5.41) is 0. The van der Waals surface area contributed by atoms with E-state index in [-0.39, 0.29) is 6.04 Å². The molecule has 3 nitrogen and oxygen atoms in total. The van der Waals surface area contributed by atoms with E-state index in [1.165, 1.54) is 19.3 Å². The third-order valence-electron chi connectivity index (χ3n) is 5.18. The molecular weight excluding hydrogens is 246 g/mol. The molecule has 5 unspecified atom stereocenters. The summed E-state index contributed by atoms with van der Waals surface area (Å²) in [5.41, 5.74) is 6.33. The largest absolute Gasteiger partial charge is 0.327 e. The smallest absolute Gasteiger partial charge is 0.150 e. The van der Waals surface area contributed by atoms with Crippen LogP contribution in [0.15, 0.2) is 0 Å². The molecule has 0 spiro atoms. The van der Waals surface area contributed by atoms with E-state index >= 15 is 0 Å². The van der Waals surface area contributed by atoms with E-state index in [4.69, 9.17) is 5.73 Å². The highest BCUT2D eigenvalue weighted by Gasteiger charge is 2.33. The van der Waals surface area contributed by atoms with Crippen LogP contribution in [0.5, 0.6) is 0 Å². The molecule has 106 valence electrons. The summed E-state index contributed by atoms with van der Waals surface area (Å²) in [6.07, 6.45) is 5.47. The van der Waals surface area contributed by atoms with Gasteiger partial charge >= 0.3 is 0 Å². The Morgan fingerprint density at radius 3 is 2.44 bits per heavy atom. The predicted molar refractivity (Wildman–Crippen MR) is 75.0 cm³/mol. The van der Waals surface area contributed by atoms with Gasteiger partial charge in [-0.05, 0) is 49.4 Å². The van der Waals surface area contributed by atoms with Crippen molar-refractivity contribution in [3.63, 3.8) is 0 Å². The molecule has 5 atom stereocenters. The topological polar surface area (TPSA) is 60.2 Å². The first kappa shape index (κ1) is 14.3. The third kappa shape index (κ3) is 3.47. The van der Waals surface area contributed by atoms with Gasteiger partial charge in [0.1, 0.15) is 0 Å². The summed E-state index contributed by atoms with van der Waals surface area (Å²) in [6.45, 7) is 4.65. The van der Waals surface area contributed by atoms with Crippen LogP contribution in [0, 0.1) is 23.7 Å². The summed E-state index contributed by atoms with van der Waals surface area (Å²) < 4.78 is 22.9. The third-order valence-corrected chi connectivity index (χ3v) is 7.01. The first-order valence-electron chi connectivity index (χ1n) is 7.33. The van der Waals surface area contributed by atoms with Crippen molar-refractivity contribution in [3.05, 3.63) is 0 Å². The van der Waals surface area contributed by atoms with Crippen molar-refractivity contribution < 1.29 is 8.42 Å². The molecule has 1 saturated carbocycles. The van der Waals surface area contributed by atoms with E-state index in [1.54, 1.807) is 0 Å². The molecule has 0 aromatic carbocycles. The van der Waals surface area contributed by atoms with E-state index in [9.17, 15) is 8.42 Å². The van der Waals surface area contributed by atoms with Crippen molar-refractivity contribution in [2.24, 2.45) is 29.4 Å². The molecule has 0 amide bonds. The van der Waals surface area contributed by atoms with Crippen LogP contribution in [0.1, 0.15) is 46.0 Å². The number of sulfone groups is 1. The second kappa shape index (κ2) is 5.49. The minimum atomic E-state index is -2.75. The van der Waals surface area contributed by atoms with Gasteiger partial charge in [-0.3, -0.25) is 0 Å². The van der Waals surface area contributed by atoms with Gasteiger partial charge in [-0.1, -0.05) is 20.3 Å². The minimum Gasteiger partial charge on any atom is -0.327 e. The van der Waals surface area contributed by atoms with E-state index in [2.05, 4.69) is 13.8 Å². The Morgan fingerprint density at radius 1 is 1.17 bits per heavy atom. The highest BCUT2D eigenvalue weighted by molar-refractivity contribution is 7.91. The highest BCUT2D eigenvalue weighted by Crippen LogP contribution is 2.36. The standard InChI is InChI=1S/C14H27NO2S/c1-10-3-4-13(7-11(10)2)14(15)8-12-5-6-18(16,17)9-12/h10-14H,3-9,15H2,1-2H3. The van der Waals surface area contributed by atoms with E-state index in [0.717, 1.165) is 24.7 Å². The summed E-state index contributed by atoms with van der Waals surface area (Å²) in [7, 11) is -2.75. The van der Waals surface area contributed by atoms with Gasteiger partial charge in [-0.2, -0.15) is 0 Å². The monoisotopic (exact) mass is 273 g/mol. The van der Waals surface area contributed by atoms with Crippen LogP contribution in [0.4, 0.5) is 0 Å². The van der Waals surface area contributed by atoms with Gasteiger partial charge in [-0.25, -0.2) is 8.42 Å². The molecule has 0 bridgehead atoms. The zero-order valence-corrected chi connectivity index (χ0v) is 12.5. The highest BCUT2D eigenvalue weighted by atomic mass is 32.2. The first-order chi connectivity index (χ1) is 8.37. The van der Waals surface area contributed by atoms with Crippen LogP contribution in [-0.2, 0) is 9.84 Å².